The van der Waals surface area contributed by atoms with Crippen LogP contribution in [0.25, 0.3) is 11.2 Å². The number of imidazole rings is 1. The van der Waals surface area contributed by atoms with Gasteiger partial charge in [0.25, 0.3) is 0 Å². The Hall–Kier alpha value is -2.50. The first-order valence-electron chi connectivity index (χ1n) is 8.57. The molecule has 0 unspecified atom stereocenters. The van der Waals surface area contributed by atoms with Crippen LogP contribution >= 0.6 is 11.6 Å². The highest BCUT2D eigenvalue weighted by atomic mass is 35.5. The van der Waals surface area contributed by atoms with Crippen LogP contribution in [0.1, 0.15) is 6.23 Å². The summed E-state index contributed by atoms with van der Waals surface area (Å²) in [6.45, 7) is -0.425. The number of aromatic nitrogens is 4. The Morgan fingerprint density at radius 1 is 1.21 bits per heavy atom. The molecular weight excluding hydrogens is 388 g/mol. The maximum Gasteiger partial charge on any atom is 0.226 e. The number of halogens is 1. The number of nitrogens with one attached hydrogen (secondary N) is 1. The van der Waals surface area contributed by atoms with Gasteiger partial charge >= 0.3 is 0 Å². The van der Waals surface area contributed by atoms with Crippen molar-refractivity contribution in [3.8, 4) is 0 Å². The van der Waals surface area contributed by atoms with Gasteiger partial charge in [0.05, 0.1) is 18.6 Å². The minimum absolute atomic E-state index is 0.0232. The van der Waals surface area contributed by atoms with E-state index in [2.05, 4.69) is 20.4 Å². The monoisotopic (exact) mass is 406 g/mol. The lowest BCUT2D eigenvalue weighted by molar-refractivity contribution is -0.0511. The first kappa shape index (κ1) is 18.8. The number of hydrogen-bond acceptors (Lipinski definition) is 9. The number of aliphatic hydroxyl groups excluding tert-OH is 3. The molecule has 0 saturated carbocycles. The summed E-state index contributed by atoms with van der Waals surface area (Å²) in [6.07, 6.45) is -2.94. The minimum atomic E-state index is -1.26. The molecule has 0 aliphatic carbocycles. The number of fused-ring (bicyclic) bond motifs is 1. The molecule has 0 radical (unpaired) electrons. The van der Waals surface area contributed by atoms with Crippen molar-refractivity contribution in [2.75, 3.05) is 24.1 Å². The van der Waals surface area contributed by atoms with Gasteiger partial charge in [0, 0.05) is 7.05 Å². The average molecular weight is 407 g/mol. The van der Waals surface area contributed by atoms with Crippen molar-refractivity contribution in [2.24, 2.45) is 0 Å². The van der Waals surface area contributed by atoms with E-state index < -0.39 is 31.1 Å². The Morgan fingerprint density at radius 2 is 1.96 bits per heavy atom. The number of benzene rings is 1. The molecule has 1 aliphatic heterocycles. The highest BCUT2D eigenvalue weighted by Gasteiger charge is 2.44. The van der Waals surface area contributed by atoms with Gasteiger partial charge in [-0.3, -0.25) is 15.0 Å². The third kappa shape index (κ3) is 3.25. The predicted molar refractivity (Wildman–Crippen MR) is 102 cm³/mol. The van der Waals surface area contributed by atoms with Crippen LogP contribution in [0.2, 0.25) is 5.28 Å². The molecule has 148 valence electrons. The van der Waals surface area contributed by atoms with Crippen LogP contribution in [0.15, 0.2) is 36.7 Å². The molecule has 1 aliphatic rings. The fourth-order valence-corrected chi connectivity index (χ4v) is 3.30. The fourth-order valence-electron chi connectivity index (χ4n) is 3.14. The summed E-state index contributed by atoms with van der Waals surface area (Å²) in [4.78, 5) is 12.7. The van der Waals surface area contributed by atoms with Gasteiger partial charge in [-0.2, -0.15) is 9.97 Å². The predicted octanol–water partition coefficient (Wildman–Crippen LogP) is 0.554. The molecular formula is C17H19ClN6O4. The van der Waals surface area contributed by atoms with Crippen LogP contribution in [0.3, 0.4) is 0 Å². The van der Waals surface area contributed by atoms with Gasteiger partial charge in [-0.15, -0.1) is 0 Å². The van der Waals surface area contributed by atoms with Gasteiger partial charge < -0.3 is 20.1 Å². The molecule has 4 N–H and O–H groups in total. The fraction of sp³-hybridized carbons (Fsp3) is 0.353. The number of hydrazine groups is 1. The first-order chi connectivity index (χ1) is 13.5. The lowest BCUT2D eigenvalue weighted by atomic mass is 10.1. The van der Waals surface area contributed by atoms with Gasteiger partial charge in [-0.1, -0.05) is 18.2 Å². The van der Waals surface area contributed by atoms with E-state index in [9.17, 15) is 15.3 Å². The van der Waals surface area contributed by atoms with Gasteiger partial charge in [-0.25, -0.2) is 4.98 Å². The summed E-state index contributed by atoms with van der Waals surface area (Å²) < 4.78 is 7.01. The molecule has 1 fully saturated rings. The maximum atomic E-state index is 10.3. The van der Waals surface area contributed by atoms with Crippen molar-refractivity contribution in [2.45, 2.75) is 24.5 Å². The summed E-state index contributed by atoms with van der Waals surface area (Å²) in [7, 11) is 1.82. The molecule has 4 atom stereocenters. The van der Waals surface area contributed by atoms with E-state index in [1.807, 2.05) is 37.4 Å². The molecule has 3 aromatic rings. The Bertz CT molecular complexity index is 971. The Balaban J connectivity index is 1.69. The van der Waals surface area contributed by atoms with E-state index in [-0.39, 0.29) is 5.28 Å². The van der Waals surface area contributed by atoms with Gasteiger partial charge in [0.2, 0.25) is 5.28 Å². The summed E-state index contributed by atoms with van der Waals surface area (Å²) >= 11 is 6.10. The summed E-state index contributed by atoms with van der Waals surface area (Å²) in [6, 6.07) is 9.58. The summed E-state index contributed by atoms with van der Waals surface area (Å²) in [5.41, 5.74) is 4.74. The Morgan fingerprint density at radius 3 is 2.64 bits per heavy atom. The third-order valence-corrected chi connectivity index (χ3v) is 4.77. The second-order valence-electron chi connectivity index (χ2n) is 6.40. The molecule has 1 aromatic carbocycles. The highest BCUT2D eigenvalue weighted by Crippen LogP contribution is 2.32. The normalized spacial score (nSPS) is 24.6. The molecule has 3 heterocycles. The topological polar surface area (TPSA) is 129 Å². The number of ether oxygens (including phenoxy) is 1. The Labute approximate surface area is 165 Å². The Kier molecular flexibility index (Phi) is 5.04. The van der Waals surface area contributed by atoms with Crippen molar-refractivity contribution in [3.05, 3.63) is 41.9 Å². The van der Waals surface area contributed by atoms with E-state index in [1.54, 1.807) is 5.01 Å². The molecule has 28 heavy (non-hydrogen) atoms. The van der Waals surface area contributed by atoms with Crippen LogP contribution in [0.4, 0.5) is 11.5 Å². The molecule has 0 bridgehead atoms. The molecule has 10 nitrogen and oxygen atoms in total. The number of nitrogens with zero attached hydrogens (tertiary/aromatic N) is 5. The van der Waals surface area contributed by atoms with Crippen molar-refractivity contribution in [1.82, 2.24) is 19.5 Å². The van der Waals surface area contributed by atoms with Gasteiger partial charge in [0.1, 0.15) is 18.3 Å². The summed E-state index contributed by atoms with van der Waals surface area (Å²) in [5, 5.41) is 31.3. The number of anilines is 2. The lowest BCUT2D eigenvalue weighted by Gasteiger charge is -2.21. The second kappa shape index (κ2) is 7.49. The van der Waals surface area contributed by atoms with Gasteiger partial charge in [-0.05, 0) is 23.7 Å². The molecule has 0 spiro atoms. The number of para-hydroxylation sites is 1. The summed E-state index contributed by atoms with van der Waals surface area (Å²) in [5.74, 6) is 0.367. The second-order valence-corrected chi connectivity index (χ2v) is 6.74. The van der Waals surface area contributed by atoms with Crippen LogP contribution < -0.4 is 10.4 Å². The van der Waals surface area contributed by atoms with Crippen LogP contribution in [0, 0.1) is 0 Å². The largest absolute Gasteiger partial charge is 0.394 e. The van der Waals surface area contributed by atoms with Gasteiger partial charge in [0.15, 0.2) is 23.2 Å². The molecule has 0 amide bonds. The SMILES string of the molecule is CN(Nc1nc(Cl)nc2c1ncn2[C@@H]1O[C@H](CO)[C@@H](O)[C@H]1O)c1ccccc1. The quantitative estimate of drug-likeness (QED) is 0.354. The number of rotatable bonds is 5. The van der Waals surface area contributed by atoms with E-state index in [0.717, 1.165) is 5.69 Å². The van der Waals surface area contributed by atoms with Crippen molar-refractivity contribution in [3.63, 3.8) is 0 Å². The van der Waals surface area contributed by atoms with E-state index in [0.29, 0.717) is 17.0 Å². The standard InChI is InChI=1S/C17H19ClN6O4/c1-23(9-5-3-2-4-6-9)22-14-11-15(21-17(18)20-14)24(8-19-11)16-13(27)12(26)10(7-25)28-16/h2-6,8,10,12-13,16,25-27H,7H2,1H3,(H,20,21,22)/t10-,12-,13-,16-/m1/s1. The molecule has 4 rings (SSSR count). The maximum absolute atomic E-state index is 10.3. The van der Waals surface area contributed by atoms with E-state index >= 15 is 0 Å². The van der Waals surface area contributed by atoms with Crippen molar-refractivity contribution < 1.29 is 20.1 Å². The highest BCUT2D eigenvalue weighted by molar-refractivity contribution is 6.28. The molecule has 2 aromatic heterocycles. The minimum Gasteiger partial charge on any atom is -0.394 e. The number of aliphatic hydroxyl groups is 3. The molecule has 11 heteroatoms. The van der Waals surface area contributed by atoms with Crippen LogP contribution in [-0.4, -0.2) is 66.8 Å². The van der Waals surface area contributed by atoms with Crippen molar-refractivity contribution in [1.29, 1.82) is 0 Å². The first-order valence-corrected chi connectivity index (χ1v) is 8.95. The van der Waals surface area contributed by atoms with Crippen LogP contribution in [0.5, 0.6) is 0 Å². The zero-order chi connectivity index (χ0) is 19.8. The number of hydrogen-bond donors (Lipinski definition) is 4. The van der Waals surface area contributed by atoms with Crippen LogP contribution in [-0.2, 0) is 4.74 Å². The average Bonchev–Trinajstić information content (AvgIpc) is 3.23. The third-order valence-electron chi connectivity index (χ3n) is 4.60. The molecule has 1 saturated heterocycles. The van der Waals surface area contributed by atoms with E-state index in [1.165, 1.54) is 10.9 Å². The zero-order valence-electron chi connectivity index (χ0n) is 14.8. The lowest BCUT2D eigenvalue weighted by Crippen LogP contribution is -2.33. The smallest absolute Gasteiger partial charge is 0.226 e. The van der Waals surface area contributed by atoms with Crippen molar-refractivity contribution >= 4 is 34.3 Å². The van der Waals surface area contributed by atoms with E-state index in [4.69, 9.17) is 16.3 Å². The zero-order valence-corrected chi connectivity index (χ0v) is 15.6.